The van der Waals surface area contributed by atoms with Crippen LogP contribution in [0.3, 0.4) is 0 Å². The fraction of sp³-hybridized carbons (Fsp3) is 0.636. The van der Waals surface area contributed by atoms with Crippen molar-refractivity contribution in [2.45, 2.75) is 19.4 Å². The summed E-state index contributed by atoms with van der Waals surface area (Å²) in [5, 5.41) is 6.81. The number of furan rings is 1. The zero-order valence-corrected chi connectivity index (χ0v) is 8.46. The third kappa shape index (κ3) is 2.86. The predicted octanol–water partition coefficient (Wildman–Crippen LogP) is 1.37. The minimum Gasteiger partial charge on any atom is -0.468 e. The second-order valence-electron chi connectivity index (χ2n) is 3.90. The Kier molecular flexibility index (Phi) is 3.60. The van der Waals surface area contributed by atoms with Crippen molar-refractivity contribution in [1.29, 1.82) is 0 Å². The molecule has 14 heavy (non-hydrogen) atoms. The number of hydrogen-bond donors (Lipinski definition) is 2. The van der Waals surface area contributed by atoms with Crippen molar-refractivity contribution in [2.24, 2.45) is 5.92 Å². The van der Waals surface area contributed by atoms with Gasteiger partial charge in [-0.05, 0) is 50.5 Å². The van der Waals surface area contributed by atoms with E-state index in [0.29, 0.717) is 0 Å². The van der Waals surface area contributed by atoms with E-state index in [0.717, 1.165) is 24.8 Å². The van der Waals surface area contributed by atoms with Gasteiger partial charge < -0.3 is 15.1 Å². The summed E-state index contributed by atoms with van der Waals surface area (Å²) in [5.74, 6) is 1.87. The molecule has 0 bridgehead atoms. The molecule has 1 aromatic rings. The zero-order chi connectivity index (χ0) is 9.64. The summed E-state index contributed by atoms with van der Waals surface area (Å²) in [6, 6.07) is 3.94. The van der Waals surface area contributed by atoms with Gasteiger partial charge in [0.1, 0.15) is 5.76 Å². The lowest BCUT2D eigenvalue weighted by Crippen LogP contribution is -2.33. The van der Waals surface area contributed by atoms with E-state index >= 15 is 0 Å². The zero-order valence-electron chi connectivity index (χ0n) is 8.46. The van der Waals surface area contributed by atoms with E-state index in [2.05, 4.69) is 10.6 Å². The summed E-state index contributed by atoms with van der Waals surface area (Å²) in [7, 11) is 0. The first-order chi connectivity index (χ1) is 6.95. The highest BCUT2D eigenvalue weighted by Crippen LogP contribution is 2.10. The molecule has 0 spiro atoms. The molecule has 78 valence electrons. The van der Waals surface area contributed by atoms with E-state index in [-0.39, 0.29) is 0 Å². The Morgan fingerprint density at radius 3 is 3.00 bits per heavy atom. The topological polar surface area (TPSA) is 37.2 Å². The van der Waals surface area contributed by atoms with Gasteiger partial charge in [0.15, 0.2) is 0 Å². The fourth-order valence-corrected chi connectivity index (χ4v) is 1.90. The highest BCUT2D eigenvalue weighted by molar-refractivity contribution is 4.97. The van der Waals surface area contributed by atoms with E-state index in [1.54, 1.807) is 6.26 Å². The van der Waals surface area contributed by atoms with Gasteiger partial charge in [0.2, 0.25) is 0 Å². The summed E-state index contributed by atoms with van der Waals surface area (Å²) in [6.07, 6.45) is 4.32. The number of hydrogen-bond acceptors (Lipinski definition) is 3. The average molecular weight is 194 g/mol. The minimum absolute atomic E-state index is 0.839. The summed E-state index contributed by atoms with van der Waals surface area (Å²) in [5.41, 5.74) is 0. The third-order valence-corrected chi connectivity index (χ3v) is 2.77. The van der Waals surface area contributed by atoms with Gasteiger partial charge in [-0.3, -0.25) is 0 Å². The van der Waals surface area contributed by atoms with Gasteiger partial charge in [-0.2, -0.15) is 0 Å². The Morgan fingerprint density at radius 1 is 1.43 bits per heavy atom. The summed E-state index contributed by atoms with van der Waals surface area (Å²) < 4.78 is 5.25. The molecule has 0 radical (unpaired) electrons. The predicted molar refractivity (Wildman–Crippen MR) is 56.0 cm³/mol. The monoisotopic (exact) mass is 194 g/mol. The molecule has 2 N–H and O–H groups in total. The van der Waals surface area contributed by atoms with Gasteiger partial charge in [-0.1, -0.05) is 0 Å². The van der Waals surface area contributed by atoms with E-state index < -0.39 is 0 Å². The maximum absolute atomic E-state index is 5.25. The molecular formula is C11H18N2O. The van der Waals surface area contributed by atoms with Crippen LogP contribution in [0.25, 0.3) is 0 Å². The Balaban J connectivity index is 1.62. The lowest BCUT2D eigenvalue weighted by Gasteiger charge is -2.22. The lowest BCUT2D eigenvalue weighted by molar-refractivity contribution is 0.350. The van der Waals surface area contributed by atoms with Gasteiger partial charge >= 0.3 is 0 Å². The maximum Gasteiger partial charge on any atom is 0.117 e. The Labute approximate surface area is 84.9 Å². The largest absolute Gasteiger partial charge is 0.468 e. The normalized spacial score (nSPS) is 18.6. The highest BCUT2D eigenvalue weighted by atomic mass is 16.3. The van der Waals surface area contributed by atoms with Gasteiger partial charge in [0.25, 0.3) is 0 Å². The van der Waals surface area contributed by atoms with Crippen LogP contribution in [0.2, 0.25) is 0 Å². The van der Waals surface area contributed by atoms with Crippen LogP contribution < -0.4 is 10.6 Å². The van der Waals surface area contributed by atoms with Crippen LogP contribution in [-0.4, -0.2) is 19.6 Å². The van der Waals surface area contributed by atoms with Crippen molar-refractivity contribution >= 4 is 0 Å². The van der Waals surface area contributed by atoms with Crippen LogP contribution in [0.1, 0.15) is 18.6 Å². The van der Waals surface area contributed by atoms with E-state index in [4.69, 9.17) is 4.42 Å². The molecular weight excluding hydrogens is 176 g/mol. The summed E-state index contributed by atoms with van der Waals surface area (Å²) in [6.45, 7) is 4.32. The summed E-state index contributed by atoms with van der Waals surface area (Å²) in [4.78, 5) is 0. The third-order valence-electron chi connectivity index (χ3n) is 2.77. The first-order valence-corrected chi connectivity index (χ1v) is 5.39. The molecule has 0 aromatic carbocycles. The molecule has 0 unspecified atom stereocenters. The van der Waals surface area contributed by atoms with Crippen molar-refractivity contribution < 1.29 is 4.42 Å². The smallest absolute Gasteiger partial charge is 0.117 e. The van der Waals surface area contributed by atoms with Gasteiger partial charge in [-0.25, -0.2) is 0 Å². The number of nitrogens with one attached hydrogen (secondary N) is 2. The second kappa shape index (κ2) is 5.17. The molecule has 0 amide bonds. The molecule has 1 aliphatic rings. The van der Waals surface area contributed by atoms with Crippen LogP contribution >= 0.6 is 0 Å². The minimum atomic E-state index is 0.839. The van der Waals surface area contributed by atoms with E-state index in [9.17, 15) is 0 Å². The Bertz CT molecular complexity index is 240. The molecule has 1 aliphatic heterocycles. The molecule has 1 aromatic heterocycles. The maximum atomic E-state index is 5.25. The van der Waals surface area contributed by atoms with Crippen LogP contribution in [0.15, 0.2) is 22.8 Å². The van der Waals surface area contributed by atoms with Crippen LogP contribution in [-0.2, 0) is 6.54 Å². The molecule has 0 aliphatic carbocycles. The number of rotatable bonds is 4. The number of piperidine rings is 1. The quantitative estimate of drug-likeness (QED) is 0.760. The van der Waals surface area contributed by atoms with Crippen molar-refractivity contribution in [2.75, 3.05) is 19.6 Å². The van der Waals surface area contributed by atoms with Gasteiger partial charge in [-0.15, -0.1) is 0 Å². The standard InChI is InChI=1S/C11H18N2O/c1-2-11(14-7-1)9-13-8-10-3-5-12-6-4-10/h1-2,7,10,12-13H,3-6,8-9H2. The molecule has 0 saturated carbocycles. The molecule has 2 rings (SSSR count). The van der Waals surface area contributed by atoms with Gasteiger partial charge in [0, 0.05) is 0 Å². The molecule has 1 fully saturated rings. The van der Waals surface area contributed by atoms with Crippen molar-refractivity contribution in [3.05, 3.63) is 24.2 Å². The first kappa shape index (κ1) is 9.74. The van der Waals surface area contributed by atoms with Crippen molar-refractivity contribution in [1.82, 2.24) is 10.6 Å². The Hall–Kier alpha value is -0.800. The SMILES string of the molecule is c1coc(CNCC2CCNCC2)c1. The molecule has 1 saturated heterocycles. The van der Waals surface area contributed by atoms with Crippen LogP contribution in [0.5, 0.6) is 0 Å². The second-order valence-corrected chi connectivity index (χ2v) is 3.90. The van der Waals surface area contributed by atoms with Crippen LogP contribution in [0.4, 0.5) is 0 Å². The summed E-state index contributed by atoms with van der Waals surface area (Å²) >= 11 is 0. The van der Waals surface area contributed by atoms with Crippen molar-refractivity contribution in [3.63, 3.8) is 0 Å². The molecule has 3 heteroatoms. The average Bonchev–Trinajstić information content (AvgIpc) is 2.72. The fourth-order valence-electron chi connectivity index (χ4n) is 1.90. The van der Waals surface area contributed by atoms with Gasteiger partial charge in [0.05, 0.1) is 12.8 Å². The molecule has 2 heterocycles. The van der Waals surface area contributed by atoms with Crippen molar-refractivity contribution in [3.8, 4) is 0 Å². The molecule has 3 nitrogen and oxygen atoms in total. The Morgan fingerprint density at radius 2 is 2.29 bits per heavy atom. The van der Waals surface area contributed by atoms with Crippen LogP contribution in [0, 0.1) is 5.92 Å². The first-order valence-electron chi connectivity index (χ1n) is 5.39. The molecule has 0 atom stereocenters. The highest BCUT2D eigenvalue weighted by Gasteiger charge is 2.11. The van der Waals surface area contributed by atoms with E-state index in [1.807, 2.05) is 12.1 Å². The van der Waals surface area contributed by atoms with E-state index in [1.165, 1.54) is 25.9 Å². The lowest BCUT2D eigenvalue weighted by atomic mass is 9.98.